The molecule has 1 fully saturated rings. The van der Waals surface area contributed by atoms with E-state index in [0.29, 0.717) is 24.1 Å². The zero-order chi connectivity index (χ0) is 26.9. The zero-order valence-corrected chi connectivity index (χ0v) is 21.2. The molecule has 1 saturated heterocycles. The van der Waals surface area contributed by atoms with Crippen molar-refractivity contribution < 1.29 is 18.7 Å². The van der Waals surface area contributed by atoms with E-state index in [1.54, 1.807) is 29.2 Å². The van der Waals surface area contributed by atoms with E-state index in [1.807, 2.05) is 24.3 Å². The summed E-state index contributed by atoms with van der Waals surface area (Å²) in [6.07, 6.45) is 0.0335. The van der Waals surface area contributed by atoms with Gasteiger partial charge in [-0.3, -0.25) is 4.79 Å². The van der Waals surface area contributed by atoms with E-state index < -0.39 is 6.10 Å². The van der Waals surface area contributed by atoms with E-state index >= 15 is 0 Å². The summed E-state index contributed by atoms with van der Waals surface area (Å²) in [6.45, 7) is 0. The Morgan fingerprint density at radius 2 is 1.33 bits per heavy atom. The van der Waals surface area contributed by atoms with Crippen molar-refractivity contribution in [2.45, 2.75) is 25.0 Å². The van der Waals surface area contributed by atoms with Crippen LogP contribution in [-0.4, -0.2) is 11.0 Å². The van der Waals surface area contributed by atoms with Crippen molar-refractivity contribution >= 4 is 22.4 Å². The Morgan fingerprint density at radius 3 is 2.03 bits per heavy atom. The Kier molecular flexibility index (Phi) is 6.67. The van der Waals surface area contributed by atoms with Crippen LogP contribution in [0.25, 0.3) is 21.9 Å². The Morgan fingerprint density at radius 1 is 0.718 bits per heavy atom. The van der Waals surface area contributed by atoms with Crippen LogP contribution in [0.1, 0.15) is 36.1 Å². The predicted molar refractivity (Wildman–Crippen MR) is 150 cm³/mol. The molecule has 5 aromatic rings. The van der Waals surface area contributed by atoms with Gasteiger partial charge in [-0.15, -0.1) is 0 Å². The molecule has 1 N–H and O–H groups in total. The number of benzene rings is 5. The monoisotopic (exact) mass is 519 g/mol. The van der Waals surface area contributed by atoms with Gasteiger partial charge in [0.25, 0.3) is 0 Å². The van der Waals surface area contributed by atoms with Gasteiger partial charge in [-0.25, -0.2) is 8.78 Å². The second kappa shape index (κ2) is 10.4. The van der Waals surface area contributed by atoms with Gasteiger partial charge in [0.05, 0.1) is 18.1 Å². The summed E-state index contributed by atoms with van der Waals surface area (Å²) < 4.78 is 26.9. The maximum atomic E-state index is 13.6. The lowest BCUT2D eigenvalue weighted by molar-refractivity contribution is -0.131. The molecule has 194 valence electrons. The first-order chi connectivity index (χ1) is 19.0. The molecule has 5 aromatic carbocycles. The van der Waals surface area contributed by atoms with Gasteiger partial charge in [-0.1, -0.05) is 72.8 Å². The molecular formula is C34H27F2NO2. The van der Waals surface area contributed by atoms with Crippen LogP contribution in [0.15, 0.2) is 115 Å². The van der Waals surface area contributed by atoms with Crippen LogP contribution < -0.4 is 4.90 Å². The van der Waals surface area contributed by atoms with Gasteiger partial charge in [-0.05, 0) is 88.3 Å². The molecule has 0 saturated carbocycles. The molecule has 0 spiro atoms. The Bertz CT molecular complexity index is 1610. The molecule has 0 radical (unpaired) electrons. The van der Waals surface area contributed by atoms with Crippen molar-refractivity contribution in [1.82, 2.24) is 0 Å². The van der Waals surface area contributed by atoms with Crippen molar-refractivity contribution in [3.8, 4) is 11.1 Å². The topological polar surface area (TPSA) is 40.5 Å². The van der Waals surface area contributed by atoms with Crippen LogP contribution in [0.5, 0.6) is 0 Å². The number of hydrogen-bond donors (Lipinski definition) is 1. The fourth-order valence-corrected chi connectivity index (χ4v) is 5.53. The number of β-lactam (4-membered cyclic amide) rings is 1. The number of anilines is 1. The number of halogens is 2. The second-order valence-electron chi connectivity index (χ2n) is 10.1. The highest BCUT2D eigenvalue weighted by Crippen LogP contribution is 2.46. The predicted octanol–water partition coefficient (Wildman–Crippen LogP) is 8.00. The van der Waals surface area contributed by atoms with Gasteiger partial charge in [0.2, 0.25) is 5.91 Å². The quantitative estimate of drug-likeness (QED) is 0.221. The molecule has 3 nitrogen and oxygen atoms in total. The third-order valence-corrected chi connectivity index (χ3v) is 7.66. The average molecular weight is 520 g/mol. The Hall–Kier alpha value is -4.35. The van der Waals surface area contributed by atoms with Gasteiger partial charge >= 0.3 is 0 Å². The highest BCUT2D eigenvalue weighted by atomic mass is 19.1. The van der Waals surface area contributed by atoms with Crippen LogP contribution in [0.3, 0.4) is 0 Å². The van der Waals surface area contributed by atoms with Crippen molar-refractivity contribution in [1.29, 1.82) is 0 Å². The smallest absolute Gasteiger partial charge is 0.233 e. The number of aliphatic hydroxyl groups is 1. The lowest BCUT2D eigenvalue weighted by Gasteiger charge is -2.48. The number of carbonyl (C=O) groups is 1. The number of nitrogens with zero attached hydrogens (tertiary/aromatic N) is 1. The first kappa shape index (κ1) is 25.0. The summed E-state index contributed by atoms with van der Waals surface area (Å²) >= 11 is 0. The first-order valence-electron chi connectivity index (χ1n) is 13.1. The SMILES string of the molecule is O=C1C(CC[C@H](O)c2ccc(F)cc2)C(c2ccc(-c3ccc4ccccc4c3)cc2)N1c1ccc(F)cc1. The van der Waals surface area contributed by atoms with Crippen LogP contribution in [0.2, 0.25) is 0 Å². The highest BCUT2D eigenvalue weighted by Gasteiger charge is 2.48. The van der Waals surface area contributed by atoms with E-state index in [2.05, 4.69) is 42.5 Å². The molecule has 5 heteroatoms. The largest absolute Gasteiger partial charge is 0.388 e. The molecular weight excluding hydrogens is 492 g/mol. The molecule has 1 heterocycles. The van der Waals surface area contributed by atoms with E-state index in [0.717, 1.165) is 16.7 Å². The average Bonchev–Trinajstić information content (AvgIpc) is 2.97. The minimum absolute atomic E-state index is 0.0588. The minimum Gasteiger partial charge on any atom is -0.388 e. The number of fused-ring (bicyclic) bond motifs is 1. The number of carbonyl (C=O) groups excluding carboxylic acids is 1. The zero-order valence-electron chi connectivity index (χ0n) is 21.2. The van der Waals surface area contributed by atoms with E-state index in [-0.39, 0.29) is 29.5 Å². The third-order valence-electron chi connectivity index (χ3n) is 7.66. The number of aliphatic hydroxyl groups excluding tert-OH is 1. The van der Waals surface area contributed by atoms with Gasteiger partial charge in [0.1, 0.15) is 11.6 Å². The molecule has 0 aliphatic carbocycles. The molecule has 0 aromatic heterocycles. The van der Waals surface area contributed by atoms with Gasteiger partial charge < -0.3 is 10.0 Å². The van der Waals surface area contributed by atoms with Crippen molar-refractivity contribution in [2.24, 2.45) is 5.92 Å². The number of amides is 1. The highest BCUT2D eigenvalue weighted by molar-refractivity contribution is 6.03. The summed E-state index contributed by atoms with van der Waals surface area (Å²) in [6, 6.07) is 34.3. The molecule has 1 amide bonds. The van der Waals surface area contributed by atoms with Crippen LogP contribution in [0, 0.1) is 17.6 Å². The fraction of sp³-hybridized carbons (Fsp3) is 0.147. The second-order valence-corrected chi connectivity index (χ2v) is 10.1. The lowest BCUT2D eigenvalue weighted by atomic mass is 9.78. The number of rotatable bonds is 7. The van der Waals surface area contributed by atoms with Crippen LogP contribution in [0.4, 0.5) is 14.5 Å². The maximum absolute atomic E-state index is 13.6. The van der Waals surface area contributed by atoms with E-state index in [4.69, 9.17) is 0 Å². The fourth-order valence-electron chi connectivity index (χ4n) is 5.53. The minimum atomic E-state index is -0.797. The molecule has 3 atom stereocenters. The van der Waals surface area contributed by atoms with Crippen LogP contribution in [-0.2, 0) is 4.79 Å². The molecule has 1 aliphatic heterocycles. The van der Waals surface area contributed by atoms with Crippen molar-refractivity contribution in [3.05, 3.63) is 138 Å². The summed E-state index contributed by atoms with van der Waals surface area (Å²) in [5.41, 5.74) is 4.42. The van der Waals surface area contributed by atoms with Gasteiger partial charge in [0.15, 0.2) is 0 Å². The van der Waals surface area contributed by atoms with E-state index in [9.17, 15) is 18.7 Å². The van der Waals surface area contributed by atoms with Crippen molar-refractivity contribution in [2.75, 3.05) is 4.90 Å². The standard InChI is InChI=1S/C34H27F2NO2/c35-28-13-11-24(12-14-28)32(38)20-19-31-33(37(34(31)39)30-17-15-29(36)16-18-30)25-8-5-23(6-9-25)27-10-7-22-3-1-2-4-26(22)21-27/h1-18,21,31-33,38H,19-20H2/t31?,32-,33?/m0/s1. The summed E-state index contributed by atoms with van der Waals surface area (Å²) in [5.74, 6) is -1.11. The third kappa shape index (κ3) is 4.93. The summed E-state index contributed by atoms with van der Waals surface area (Å²) in [4.78, 5) is 15.0. The maximum Gasteiger partial charge on any atom is 0.233 e. The normalized spacial score (nSPS) is 17.7. The summed E-state index contributed by atoms with van der Waals surface area (Å²) in [5, 5.41) is 13.0. The Labute approximate surface area is 226 Å². The Balaban J connectivity index is 1.27. The van der Waals surface area contributed by atoms with Gasteiger partial charge in [0, 0.05) is 5.69 Å². The van der Waals surface area contributed by atoms with Gasteiger partial charge in [-0.2, -0.15) is 0 Å². The lowest BCUT2D eigenvalue weighted by Crippen LogP contribution is -2.55. The summed E-state index contributed by atoms with van der Waals surface area (Å²) in [7, 11) is 0. The molecule has 1 aliphatic rings. The molecule has 2 unspecified atom stereocenters. The van der Waals surface area contributed by atoms with Crippen LogP contribution >= 0.6 is 0 Å². The molecule has 6 rings (SSSR count). The number of hydrogen-bond acceptors (Lipinski definition) is 2. The first-order valence-corrected chi connectivity index (χ1v) is 13.1. The van der Waals surface area contributed by atoms with Crippen molar-refractivity contribution in [3.63, 3.8) is 0 Å². The molecule has 0 bridgehead atoms. The molecule has 39 heavy (non-hydrogen) atoms. The van der Waals surface area contributed by atoms with E-state index in [1.165, 1.54) is 35.0 Å².